The summed E-state index contributed by atoms with van der Waals surface area (Å²) in [6.45, 7) is 5.34. The SMILES string of the molecule is CCC(C)NC(=NCC(=O)N(C)C)N1CCc2ccccc21. The molecule has 120 valence electrons. The van der Waals surface area contributed by atoms with Gasteiger partial charge < -0.3 is 15.1 Å². The summed E-state index contributed by atoms with van der Waals surface area (Å²) < 4.78 is 0. The molecule has 5 heteroatoms. The van der Waals surface area contributed by atoms with Crippen molar-refractivity contribution < 1.29 is 4.79 Å². The Morgan fingerprint density at radius 2 is 2.14 bits per heavy atom. The fourth-order valence-electron chi connectivity index (χ4n) is 2.37. The predicted molar refractivity (Wildman–Crippen MR) is 91.4 cm³/mol. The van der Waals surface area contributed by atoms with Gasteiger partial charge in [0, 0.05) is 32.4 Å². The molecule has 1 aromatic carbocycles. The van der Waals surface area contributed by atoms with Crippen LogP contribution in [0.4, 0.5) is 5.69 Å². The summed E-state index contributed by atoms with van der Waals surface area (Å²) >= 11 is 0. The number of anilines is 1. The zero-order valence-corrected chi connectivity index (χ0v) is 14.0. The Morgan fingerprint density at radius 1 is 1.41 bits per heavy atom. The monoisotopic (exact) mass is 302 g/mol. The van der Waals surface area contributed by atoms with Crippen molar-refractivity contribution in [2.75, 3.05) is 32.1 Å². The van der Waals surface area contributed by atoms with Gasteiger partial charge in [-0.1, -0.05) is 25.1 Å². The molecule has 1 amide bonds. The Hall–Kier alpha value is -2.04. The number of hydrogen-bond donors (Lipinski definition) is 1. The van der Waals surface area contributed by atoms with Crippen molar-refractivity contribution >= 4 is 17.6 Å². The van der Waals surface area contributed by atoms with Gasteiger partial charge in [0.05, 0.1) is 0 Å². The first-order chi connectivity index (χ1) is 10.5. The summed E-state index contributed by atoms with van der Waals surface area (Å²) in [7, 11) is 3.51. The number of carbonyl (C=O) groups excluding carboxylic acids is 1. The van der Waals surface area contributed by atoms with Crippen molar-refractivity contribution in [3.63, 3.8) is 0 Å². The van der Waals surface area contributed by atoms with E-state index in [0.717, 1.165) is 25.3 Å². The van der Waals surface area contributed by atoms with E-state index < -0.39 is 0 Å². The predicted octanol–water partition coefficient (Wildman–Crippen LogP) is 1.88. The molecule has 22 heavy (non-hydrogen) atoms. The van der Waals surface area contributed by atoms with Crippen LogP contribution < -0.4 is 10.2 Å². The minimum atomic E-state index is 0.0101. The minimum absolute atomic E-state index is 0.0101. The lowest BCUT2D eigenvalue weighted by Crippen LogP contribution is -2.45. The normalized spacial score (nSPS) is 15.5. The van der Waals surface area contributed by atoms with Gasteiger partial charge >= 0.3 is 0 Å². The summed E-state index contributed by atoms with van der Waals surface area (Å²) in [6, 6.07) is 8.70. The highest BCUT2D eigenvalue weighted by molar-refractivity contribution is 5.99. The Kier molecular flexibility index (Phi) is 5.41. The van der Waals surface area contributed by atoms with Crippen LogP contribution in [0.3, 0.4) is 0 Å². The van der Waals surface area contributed by atoms with Gasteiger partial charge in [-0.05, 0) is 31.4 Å². The average molecular weight is 302 g/mol. The van der Waals surface area contributed by atoms with E-state index in [2.05, 4.69) is 47.3 Å². The number of nitrogens with one attached hydrogen (secondary N) is 1. The number of fused-ring (bicyclic) bond motifs is 1. The summed E-state index contributed by atoms with van der Waals surface area (Å²) in [5, 5.41) is 3.45. The lowest BCUT2D eigenvalue weighted by atomic mass is 10.2. The molecule has 1 heterocycles. The molecule has 1 aliphatic rings. The number of aliphatic imine (C=N–C) groups is 1. The molecule has 5 nitrogen and oxygen atoms in total. The summed E-state index contributed by atoms with van der Waals surface area (Å²) in [4.78, 5) is 20.1. The molecular formula is C17H26N4O. The van der Waals surface area contributed by atoms with E-state index >= 15 is 0 Å². The van der Waals surface area contributed by atoms with E-state index in [1.807, 2.05) is 6.07 Å². The van der Waals surface area contributed by atoms with Gasteiger partial charge in [-0.25, -0.2) is 4.99 Å². The van der Waals surface area contributed by atoms with Crippen LogP contribution in [0, 0.1) is 0 Å². The molecule has 0 fully saturated rings. The Balaban J connectivity index is 2.21. The van der Waals surface area contributed by atoms with Crippen LogP contribution in [-0.4, -0.2) is 50.0 Å². The molecule has 0 bridgehead atoms. The van der Waals surface area contributed by atoms with Gasteiger partial charge in [0.1, 0.15) is 6.54 Å². The smallest absolute Gasteiger partial charge is 0.243 e. The van der Waals surface area contributed by atoms with Gasteiger partial charge in [0.2, 0.25) is 5.91 Å². The van der Waals surface area contributed by atoms with E-state index in [9.17, 15) is 4.79 Å². The molecule has 1 aromatic rings. The van der Waals surface area contributed by atoms with Gasteiger partial charge in [-0.2, -0.15) is 0 Å². The molecule has 0 radical (unpaired) electrons. The fourth-order valence-corrected chi connectivity index (χ4v) is 2.37. The third kappa shape index (κ3) is 3.78. The molecule has 1 atom stereocenters. The Bertz CT molecular complexity index is 553. The molecule has 1 unspecified atom stereocenters. The highest BCUT2D eigenvalue weighted by Crippen LogP contribution is 2.27. The van der Waals surface area contributed by atoms with E-state index in [-0.39, 0.29) is 12.5 Å². The second kappa shape index (κ2) is 7.29. The number of guanidine groups is 1. The second-order valence-electron chi connectivity index (χ2n) is 5.91. The number of hydrogen-bond acceptors (Lipinski definition) is 2. The van der Waals surface area contributed by atoms with Crippen molar-refractivity contribution in [2.45, 2.75) is 32.7 Å². The topological polar surface area (TPSA) is 47.9 Å². The van der Waals surface area contributed by atoms with Gasteiger partial charge in [-0.15, -0.1) is 0 Å². The number of amides is 1. The fraction of sp³-hybridized carbons (Fsp3) is 0.529. The standard InChI is InChI=1S/C17H26N4O/c1-5-13(2)19-17(18-12-16(22)20(3)4)21-11-10-14-8-6-7-9-15(14)21/h6-9,13H,5,10-12H2,1-4H3,(H,18,19). The molecule has 2 rings (SSSR count). The second-order valence-corrected chi connectivity index (χ2v) is 5.91. The van der Waals surface area contributed by atoms with E-state index in [0.29, 0.717) is 6.04 Å². The molecular weight excluding hydrogens is 276 g/mol. The Labute approximate surface area is 133 Å². The number of para-hydroxylation sites is 1. The van der Waals surface area contributed by atoms with Crippen molar-refractivity contribution in [1.29, 1.82) is 0 Å². The van der Waals surface area contributed by atoms with Crippen molar-refractivity contribution in [3.8, 4) is 0 Å². The summed E-state index contributed by atoms with van der Waals surface area (Å²) in [6.07, 6.45) is 2.02. The molecule has 0 spiro atoms. The van der Waals surface area contributed by atoms with Crippen molar-refractivity contribution in [1.82, 2.24) is 10.2 Å². The number of nitrogens with zero attached hydrogens (tertiary/aromatic N) is 3. The molecule has 0 aliphatic carbocycles. The highest BCUT2D eigenvalue weighted by Gasteiger charge is 2.23. The molecule has 0 saturated carbocycles. The molecule has 0 saturated heterocycles. The molecule has 0 aromatic heterocycles. The number of likely N-dealkylation sites (N-methyl/N-ethyl adjacent to an activating group) is 1. The summed E-state index contributed by atoms with van der Waals surface area (Å²) in [5.41, 5.74) is 2.52. The average Bonchev–Trinajstić information content (AvgIpc) is 2.94. The first-order valence-corrected chi connectivity index (χ1v) is 7.89. The maximum Gasteiger partial charge on any atom is 0.243 e. The zero-order chi connectivity index (χ0) is 16.1. The van der Waals surface area contributed by atoms with Crippen LogP contribution in [0.1, 0.15) is 25.8 Å². The zero-order valence-electron chi connectivity index (χ0n) is 14.0. The van der Waals surface area contributed by atoms with Crippen LogP contribution in [0.5, 0.6) is 0 Å². The third-order valence-corrected chi connectivity index (χ3v) is 3.99. The number of rotatable bonds is 4. The number of benzene rings is 1. The van der Waals surface area contributed by atoms with E-state index in [1.165, 1.54) is 11.3 Å². The van der Waals surface area contributed by atoms with Gasteiger partial charge in [0.15, 0.2) is 5.96 Å². The van der Waals surface area contributed by atoms with E-state index in [4.69, 9.17) is 0 Å². The van der Waals surface area contributed by atoms with Crippen molar-refractivity contribution in [2.24, 2.45) is 4.99 Å². The Morgan fingerprint density at radius 3 is 2.82 bits per heavy atom. The lowest BCUT2D eigenvalue weighted by Gasteiger charge is -2.25. The van der Waals surface area contributed by atoms with Crippen LogP contribution in [0.25, 0.3) is 0 Å². The van der Waals surface area contributed by atoms with E-state index in [1.54, 1.807) is 19.0 Å². The van der Waals surface area contributed by atoms with Gasteiger partial charge in [0.25, 0.3) is 0 Å². The molecule has 1 N–H and O–H groups in total. The quantitative estimate of drug-likeness (QED) is 0.682. The third-order valence-electron chi connectivity index (χ3n) is 3.99. The first kappa shape index (κ1) is 16.3. The maximum absolute atomic E-state index is 11.8. The maximum atomic E-state index is 11.8. The van der Waals surface area contributed by atoms with Crippen LogP contribution in [0.15, 0.2) is 29.3 Å². The summed E-state index contributed by atoms with van der Waals surface area (Å²) in [5.74, 6) is 0.811. The van der Waals surface area contributed by atoms with Crippen molar-refractivity contribution in [3.05, 3.63) is 29.8 Å². The largest absolute Gasteiger partial charge is 0.353 e. The lowest BCUT2D eigenvalue weighted by molar-refractivity contribution is -0.127. The minimum Gasteiger partial charge on any atom is -0.353 e. The number of carbonyl (C=O) groups is 1. The van der Waals surface area contributed by atoms with Crippen LogP contribution >= 0.6 is 0 Å². The highest BCUT2D eigenvalue weighted by atomic mass is 16.2. The van der Waals surface area contributed by atoms with Crippen LogP contribution in [-0.2, 0) is 11.2 Å². The van der Waals surface area contributed by atoms with Gasteiger partial charge in [-0.3, -0.25) is 4.79 Å². The molecule has 1 aliphatic heterocycles. The van der Waals surface area contributed by atoms with Crippen LogP contribution in [0.2, 0.25) is 0 Å². The first-order valence-electron chi connectivity index (χ1n) is 7.89.